The summed E-state index contributed by atoms with van der Waals surface area (Å²) in [6.45, 7) is 8.64. The Hall–Kier alpha value is -1.57. The van der Waals surface area contributed by atoms with Crippen LogP contribution in [-0.2, 0) is 6.18 Å². The molecule has 0 unspecified atom stereocenters. The lowest BCUT2D eigenvalue weighted by molar-refractivity contribution is -0.141. The van der Waals surface area contributed by atoms with E-state index in [-0.39, 0.29) is 17.2 Å². The van der Waals surface area contributed by atoms with Gasteiger partial charge in [0.1, 0.15) is 5.82 Å². The molecule has 0 amide bonds. The average molecular weight is 291 g/mol. The number of hydrogen-bond acceptors (Lipinski definition) is 5. The van der Waals surface area contributed by atoms with Gasteiger partial charge in [0.2, 0.25) is 5.95 Å². The number of rotatable bonds is 5. The maximum atomic E-state index is 12.7. The Balaban J connectivity index is 2.96. The van der Waals surface area contributed by atoms with E-state index >= 15 is 0 Å². The summed E-state index contributed by atoms with van der Waals surface area (Å²) in [6, 6.07) is 0.872. The molecule has 1 aromatic rings. The molecule has 0 spiro atoms. The van der Waals surface area contributed by atoms with Crippen molar-refractivity contribution >= 4 is 11.8 Å². The van der Waals surface area contributed by atoms with Crippen molar-refractivity contribution in [3.8, 4) is 0 Å². The van der Waals surface area contributed by atoms with Gasteiger partial charge in [-0.3, -0.25) is 5.43 Å². The molecule has 0 aliphatic carbocycles. The van der Waals surface area contributed by atoms with E-state index in [0.717, 1.165) is 6.07 Å². The van der Waals surface area contributed by atoms with Crippen LogP contribution >= 0.6 is 0 Å². The second-order valence-corrected chi connectivity index (χ2v) is 5.60. The van der Waals surface area contributed by atoms with Crippen molar-refractivity contribution in [2.45, 2.75) is 33.9 Å². The number of anilines is 2. The van der Waals surface area contributed by atoms with Crippen LogP contribution in [0, 0.1) is 11.3 Å². The molecule has 1 rings (SSSR count). The molecule has 114 valence electrons. The lowest BCUT2D eigenvalue weighted by atomic mass is 9.81. The summed E-state index contributed by atoms with van der Waals surface area (Å²) >= 11 is 0. The number of hydrogen-bond donors (Lipinski definition) is 3. The van der Waals surface area contributed by atoms with Crippen LogP contribution in [0.5, 0.6) is 0 Å². The summed E-state index contributed by atoms with van der Waals surface area (Å²) in [7, 11) is 0. The van der Waals surface area contributed by atoms with Crippen molar-refractivity contribution < 1.29 is 13.2 Å². The Morgan fingerprint density at radius 1 is 1.25 bits per heavy atom. The quantitative estimate of drug-likeness (QED) is 0.574. The van der Waals surface area contributed by atoms with Crippen molar-refractivity contribution in [2.75, 3.05) is 17.3 Å². The molecule has 0 radical (unpaired) electrons. The molecule has 0 atom stereocenters. The number of alkyl halides is 3. The molecule has 1 heterocycles. The molecule has 4 N–H and O–H groups in total. The van der Waals surface area contributed by atoms with Gasteiger partial charge < -0.3 is 5.32 Å². The lowest BCUT2D eigenvalue weighted by Gasteiger charge is -2.29. The van der Waals surface area contributed by atoms with Crippen LogP contribution in [0.3, 0.4) is 0 Å². The molecule has 0 bridgehead atoms. The van der Waals surface area contributed by atoms with E-state index in [1.807, 2.05) is 19.3 Å². The molecule has 0 aromatic carbocycles. The van der Waals surface area contributed by atoms with Crippen molar-refractivity contribution in [2.24, 2.45) is 17.2 Å². The highest BCUT2D eigenvalue weighted by Gasteiger charge is 2.34. The van der Waals surface area contributed by atoms with Gasteiger partial charge in [0.25, 0.3) is 0 Å². The van der Waals surface area contributed by atoms with Gasteiger partial charge in [-0.05, 0) is 11.3 Å². The van der Waals surface area contributed by atoms with E-state index in [2.05, 4.69) is 29.1 Å². The van der Waals surface area contributed by atoms with Crippen LogP contribution in [0.2, 0.25) is 0 Å². The summed E-state index contributed by atoms with van der Waals surface area (Å²) in [4.78, 5) is 7.16. The zero-order chi connectivity index (χ0) is 15.6. The fourth-order valence-electron chi connectivity index (χ4n) is 1.27. The fourth-order valence-corrected chi connectivity index (χ4v) is 1.27. The summed E-state index contributed by atoms with van der Waals surface area (Å²) < 4.78 is 38.1. The fraction of sp³-hybridized carbons (Fsp3) is 0.667. The topological polar surface area (TPSA) is 75.9 Å². The van der Waals surface area contributed by atoms with E-state index in [1.165, 1.54) is 0 Å². The number of nitrogens with one attached hydrogen (secondary N) is 2. The molecule has 0 saturated carbocycles. The number of hydrazine groups is 1. The predicted octanol–water partition coefficient (Wildman–Crippen LogP) is 2.88. The molecule has 0 aliphatic heterocycles. The third kappa shape index (κ3) is 4.22. The normalized spacial score (nSPS) is 12.7. The molecule has 0 aliphatic rings. The van der Waals surface area contributed by atoms with Gasteiger partial charge >= 0.3 is 6.18 Å². The Morgan fingerprint density at radius 3 is 2.30 bits per heavy atom. The first-order valence-electron chi connectivity index (χ1n) is 6.23. The monoisotopic (exact) mass is 291 g/mol. The third-order valence-corrected chi connectivity index (χ3v) is 3.43. The zero-order valence-electron chi connectivity index (χ0n) is 12.0. The average Bonchev–Trinajstić information content (AvgIpc) is 2.34. The number of halogens is 3. The van der Waals surface area contributed by atoms with Crippen molar-refractivity contribution in [3.05, 3.63) is 11.8 Å². The second-order valence-electron chi connectivity index (χ2n) is 5.60. The van der Waals surface area contributed by atoms with E-state index in [0.29, 0.717) is 12.5 Å². The lowest BCUT2D eigenvalue weighted by Crippen LogP contribution is -2.29. The smallest absolute Gasteiger partial charge is 0.369 e. The molecule has 0 fully saturated rings. The van der Waals surface area contributed by atoms with E-state index in [1.54, 1.807) is 0 Å². The molecule has 8 heteroatoms. The van der Waals surface area contributed by atoms with Gasteiger partial charge in [-0.1, -0.05) is 27.7 Å². The Kier molecular flexibility index (Phi) is 4.80. The van der Waals surface area contributed by atoms with Crippen molar-refractivity contribution in [1.82, 2.24) is 9.97 Å². The van der Waals surface area contributed by atoms with Gasteiger partial charge in [-0.2, -0.15) is 18.2 Å². The highest BCUT2D eigenvalue weighted by molar-refractivity contribution is 5.42. The van der Waals surface area contributed by atoms with Gasteiger partial charge in [0.15, 0.2) is 5.69 Å². The molecule has 1 aromatic heterocycles. The molecular formula is C12H20F3N5. The summed E-state index contributed by atoms with van der Waals surface area (Å²) in [5.74, 6) is 5.28. The number of nitrogens with zero attached hydrogens (tertiary/aromatic N) is 2. The van der Waals surface area contributed by atoms with Gasteiger partial charge in [-0.15, -0.1) is 0 Å². The minimum atomic E-state index is -4.54. The largest absolute Gasteiger partial charge is 0.433 e. The second kappa shape index (κ2) is 5.82. The first-order valence-corrected chi connectivity index (χ1v) is 6.23. The van der Waals surface area contributed by atoms with Crippen LogP contribution in [0.15, 0.2) is 6.07 Å². The van der Waals surface area contributed by atoms with Crippen LogP contribution in [0.4, 0.5) is 24.9 Å². The number of nitrogen functional groups attached to an aromatic ring is 1. The van der Waals surface area contributed by atoms with E-state index in [4.69, 9.17) is 5.84 Å². The first-order chi connectivity index (χ1) is 9.06. The van der Waals surface area contributed by atoms with Gasteiger partial charge in [0, 0.05) is 12.6 Å². The summed E-state index contributed by atoms with van der Waals surface area (Å²) in [5.41, 5.74) is 0.917. The summed E-state index contributed by atoms with van der Waals surface area (Å²) in [5, 5.41) is 2.91. The van der Waals surface area contributed by atoms with Crippen LogP contribution in [-0.4, -0.2) is 16.5 Å². The first kappa shape index (κ1) is 16.5. The zero-order valence-corrected chi connectivity index (χ0v) is 12.0. The highest BCUT2D eigenvalue weighted by Crippen LogP contribution is 2.30. The maximum Gasteiger partial charge on any atom is 0.433 e. The van der Waals surface area contributed by atoms with Crippen molar-refractivity contribution in [1.29, 1.82) is 0 Å². The maximum absolute atomic E-state index is 12.7. The standard InChI is InChI=1S/C12H20F3N5/c1-7(2)11(3,4)6-17-9-5-8(12(13,14)15)18-10(19-9)20-16/h5,7H,6,16H2,1-4H3,(H2,17,18,19,20). The Bertz CT molecular complexity index is 457. The van der Waals surface area contributed by atoms with E-state index < -0.39 is 11.9 Å². The van der Waals surface area contributed by atoms with E-state index in [9.17, 15) is 13.2 Å². The molecule has 20 heavy (non-hydrogen) atoms. The Labute approximate surface area is 116 Å². The molecule has 0 saturated heterocycles. The molecule has 5 nitrogen and oxygen atoms in total. The number of aromatic nitrogens is 2. The molecular weight excluding hydrogens is 271 g/mol. The third-order valence-electron chi connectivity index (χ3n) is 3.43. The number of nitrogens with two attached hydrogens (primary N) is 1. The summed E-state index contributed by atoms with van der Waals surface area (Å²) in [6.07, 6.45) is -4.54. The SMILES string of the molecule is CC(C)C(C)(C)CNc1cc(C(F)(F)F)nc(NN)n1. The van der Waals surface area contributed by atoms with Crippen molar-refractivity contribution in [3.63, 3.8) is 0 Å². The predicted molar refractivity (Wildman–Crippen MR) is 72.0 cm³/mol. The highest BCUT2D eigenvalue weighted by atomic mass is 19.4. The van der Waals surface area contributed by atoms with Gasteiger partial charge in [-0.25, -0.2) is 10.8 Å². The van der Waals surface area contributed by atoms with Crippen LogP contribution < -0.4 is 16.6 Å². The minimum absolute atomic E-state index is 0.0837. The Morgan fingerprint density at radius 2 is 1.85 bits per heavy atom. The van der Waals surface area contributed by atoms with Gasteiger partial charge in [0.05, 0.1) is 0 Å². The minimum Gasteiger partial charge on any atom is -0.369 e. The van der Waals surface area contributed by atoms with Crippen LogP contribution in [0.1, 0.15) is 33.4 Å². The van der Waals surface area contributed by atoms with Crippen LogP contribution in [0.25, 0.3) is 0 Å².